The molecule has 0 aliphatic heterocycles. The van der Waals surface area contributed by atoms with E-state index in [2.05, 4.69) is 39.6 Å². The van der Waals surface area contributed by atoms with Gasteiger partial charge in [-0.3, -0.25) is 9.78 Å². The molecule has 0 fully saturated rings. The number of hydrogen-bond acceptors (Lipinski definition) is 3. The zero-order chi connectivity index (χ0) is 16.4. The van der Waals surface area contributed by atoms with Gasteiger partial charge < -0.3 is 10.3 Å². The van der Waals surface area contributed by atoms with Crippen molar-refractivity contribution in [2.45, 2.75) is 13.1 Å². The Bertz CT molecular complexity index is 1070. The molecule has 0 aliphatic carbocycles. The molecule has 2 aromatic heterocycles. The lowest BCUT2D eigenvalue weighted by molar-refractivity contribution is 0.695. The predicted octanol–water partition coefficient (Wildman–Crippen LogP) is 3.37. The molecule has 0 spiro atoms. The summed E-state index contributed by atoms with van der Waals surface area (Å²) in [6.45, 7) is 1.44. The van der Waals surface area contributed by atoms with E-state index in [1.807, 2.05) is 36.5 Å². The predicted molar refractivity (Wildman–Crippen MR) is 96.9 cm³/mol. The number of H-pyrrole nitrogens is 1. The average molecular weight is 315 g/mol. The summed E-state index contributed by atoms with van der Waals surface area (Å²) in [4.78, 5) is 19.1. The SMILES string of the molecule is O=c1[nH]cc(CNCc2ccc3cccnc3c2)c2ccccc12. The van der Waals surface area contributed by atoms with Crippen LogP contribution < -0.4 is 10.9 Å². The molecule has 4 aromatic rings. The Hall–Kier alpha value is -2.98. The van der Waals surface area contributed by atoms with E-state index in [1.165, 1.54) is 5.56 Å². The highest BCUT2D eigenvalue weighted by Gasteiger charge is 2.04. The number of fused-ring (bicyclic) bond motifs is 2. The van der Waals surface area contributed by atoms with Crippen LogP contribution in [0.1, 0.15) is 11.1 Å². The molecule has 0 radical (unpaired) electrons. The lowest BCUT2D eigenvalue weighted by Crippen LogP contribution is -2.15. The average Bonchev–Trinajstić information content (AvgIpc) is 2.64. The van der Waals surface area contributed by atoms with Gasteiger partial charge in [-0.1, -0.05) is 36.4 Å². The first-order valence-electron chi connectivity index (χ1n) is 7.95. The summed E-state index contributed by atoms with van der Waals surface area (Å²) in [7, 11) is 0. The molecule has 0 saturated heterocycles. The minimum absolute atomic E-state index is 0.0463. The van der Waals surface area contributed by atoms with Crippen LogP contribution in [-0.2, 0) is 13.1 Å². The fourth-order valence-electron chi connectivity index (χ4n) is 2.98. The molecule has 2 aromatic carbocycles. The number of rotatable bonds is 4. The zero-order valence-corrected chi connectivity index (χ0v) is 13.1. The molecular formula is C20H17N3O. The molecule has 118 valence electrons. The molecule has 4 nitrogen and oxygen atoms in total. The summed E-state index contributed by atoms with van der Waals surface area (Å²) in [5.74, 6) is 0. The summed E-state index contributed by atoms with van der Waals surface area (Å²) in [5, 5.41) is 6.31. The van der Waals surface area contributed by atoms with Gasteiger partial charge >= 0.3 is 0 Å². The van der Waals surface area contributed by atoms with Crippen molar-refractivity contribution >= 4 is 21.7 Å². The van der Waals surface area contributed by atoms with E-state index in [1.54, 1.807) is 6.20 Å². The van der Waals surface area contributed by atoms with Crippen molar-refractivity contribution in [3.63, 3.8) is 0 Å². The van der Waals surface area contributed by atoms with Crippen molar-refractivity contribution < 1.29 is 0 Å². The number of hydrogen-bond donors (Lipinski definition) is 2. The van der Waals surface area contributed by atoms with Gasteiger partial charge in [0, 0.05) is 36.3 Å². The van der Waals surface area contributed by atoms with E-state index in [0.717, 1.165) is 33.8 Å². The standard InChI is InChI=1S/C20H17N3O/c24-20-18-6-2-1-5-17(18)16(13-23-20)12-21-11-14-7-8-15-4-3-9-22-19(15)10-14/h1-10,13,21H,11-12H2,(H,23,24). The number of aromatic amines is 1. The third-order valence-corrected chi connectivity index (χ3v) is 4.21. The van der Waals surface area contributed by atoms with Gasteiger partial charge in [-0.05, 0) is 34.7 Å². The second-order valence-corrected chi connectivity index (χ2v) is 5.82. The van der Waals surface area contributed by atoms with Gasteiger partial charge in [0.2, 0.25) is 0 Å². The number of nitrogens with zero attached hydrogens (tertiary/aromatic N) is 1. The van der Waals surface area contributed by atoms with Crippen LogP contribution in [0.25, 0.3) is 21.7 Å². The summed E-state index contributed by atoms with van der Waals surface area (Å²) in [5.41, 5.74) is 3.24. The van der Waals surface area contributed by atoms with Crippen LogP contribution >= 0.6 is 0 Å². The maximum absolute atomic E-state index is 11.9. The van der Waals surface area contributed by atoms with Gasteiger partial charge in [-0.25, -0.2) is 0 Å². The summed E-state index contributed by atoms with van der Waals surface area (Å²) in [6.07, 6.45) is 3.60. The van der Waals surface area contributed by atoms with Crippen LogP contribution in [0.15, 0.2) is 71.8 Å². The number of benzene rings is 2. The highest BCUT2D eigenvalue weighted by Crippen LogP contribution is 2.15. The van der Waals surface area contributed by atoms with E-state index in [0.29, 0.717) is 6.54 Å². The van der Waals surface area contributed by atoms with Crippen molar-refractivity contribution in [1.29, 1.82) is 0 Å². The molecule has 2 N–H and O–H groups in total. The molecule has 4 heteroatoms. The van der Waals surface area contributed by atoms with Crippen molar-refractivity contribution in [1.82, 2.24) is 15.3 Å². The third kappa shape index (κ3) is 2.79. The lowest BCUT2D eigenvalue weighted by atomic mass is 10.1. The fraction of sp³-hybridized carbons (Fsp3) is 0.100. The molecule has 2 heterocycles. The highest BCUT2D eigenvalue weighted by molar-refractivity contribution is 5.84. The van der Waals surface area contributed by atoms with Gasteiger partial charge in [-0.15, -0.1) is 0 Å². The number of pyridine rings is 2. The van der Waals surface area contributed by atoms with Crippen molar-refractivity contribution in [3.05, 3.63) is 88.5 Å². The van der Waals surface area contributed by atoms with E-state index >= 15 is 0 Å². The van der Waals surface area contributed by atoms with Gasteiger partial charge in [0.15, 0.2) is 0 Å². The maximum atomic E-state index is 11.9. The molecule has 0 amide bonds. The first-order chi connectivity index (χ1) is 11.8. The minimum Gasteiger partial charge on any atom is -0.328 e. The van der Waals surface area contributed by atoms with Crippen LogP contribution in [-0.4, -0.2) is 9.97 Å². The second kappa shape index (κ2) is 6.26. The molecule has 0 unspecified atom stereocenters. The van der Waals surface area contributed by atoms with Crippen molar-refractivity contribution in [3.8, 4) is 0 Å². The first kappa shape index (κ1) is 14.6. The van der Waals surface area contributed by atoms with Crippen LogP contribution in [0.2, 0.25) is 0 Å². The van der Waals surface area contributed by atoms with Gasteiger partial charge in [0.25, 0.3) is 5.56 Å². The maximum Gasteiger partial charge on any atom is 0.255 e. The van der Waals surface area contributed by atoms with E-state index in [-0.39, 0.29) is 5.56 Å². The van der Waals surface area contributed by atoms with Crippen LogP contribution in [0.5, 0.6) is 0 Å². The van der Waals surface area contributed by atoms with Crippen molar-refractivity contribution in [2.24, 2.45) is 0 Å². The molecule has 0 aliphatic rings. The Morgan fingerprint density at radius 3 is 2.75 bits per heavy atom. The van der Waals surface area contributed by atoms with Crippen molar-refractivity contribution in [2.75, 3.05) is 0 Å². The van der Waals surface area contributed by atoms with Crippen LogP contribution in [0.3, 0.4) is 0 Å². The molecule has 4 rings (SSSR count). The van der Waals surface area contributed by atoms with E-state index < -0.39 is 0 Å². The molecule has 24 heavy (non-hydrogen) atoms. The van der Waals surface area contributed by atoms with E-state index in [9.17, 15) is 4.79 Å². The van der Waals surface area contributed by atoms with Gasteiger partial charge in [-0.2, -0.15) is 0 Å². The Morgan fingerprint density at radius 1 is 0.958 bits per heavy atom. The summed E-state index contributed by atoms with van der Waals surface area (Å²) >= 11 is 0. The monoisotopic (exact) mass is 315 g/mol. The van der Waals surface area contributed by atoms with E-state index in [4.69, 9.17) is 0 Å². The topological polar surface area (TPSA) is 57.8 Å². The highest BCUT2D eigenvalue weighted by atomic mass is 16.1. The van der Waals surface area contributed by atoms with Crippen LogP contribution in [0, 0.1) is 0 Å². The Kier molecular flexibility index (Phi) is 3.81. The summed E-state index contributed by atoms with van der Waals surface area (Å²) < 4.78 is 0. The quantitative estimate of drug-likeness (QED) is 0.607. The summed E-state index contributed by atoms with van der Waals surface area (Å²) in [6, 6.07) is 18.0. The minimum atomic E-state index is -0.0463. The Balaban J connectivity index is 1.53. The first-order valence-corrected chi connectivity index (χ1v) is 7.95. The molecule has 0 atom stereocenters. The molecular weight excluding hydrogens is 298 g/mol. The molecule has 0 saturated carbocycles. The smallest absolute Gasteiger partial charge is 0.255 e. The Labute approximate surface area is 139 Å². The normalized spacial score (nSPS) is 11.2. The largest absolute Gasteiger partial charge is 0.328 e. The zero-order valence-electron chi connectivity index (χ0n) is 13.1. The Morgan fingerprint density at radius 2 is 1.83 bits per heavy atom. The van der Waals surface area contributed by atoms with Gasteiger partial charge in [0.1, 0.15) is 0 Å². The number of aromatic nitrogens is 2. The molecule has 0 bridgehead atoms. The second-order valence-electron chi connectivity index (χ2n) is 5.82. The third-order valence-electron chi connectivity index (χ3n) is 4.21. The van der Waals surface area contributed by atoms with Gasteiger partial charge in [0.05, 0.1) is 5.52 Å². The fourth-order valence-corrected chi connectivity index (χ4v) is 2.98. The number of nitrogens with one attached hydrogen (secondary N) is 2. The van der Waals surface area contributed by atoms with Crippen LogP contribution in [0.4, 0.5) is 0 Å². The lowest BCUT2D eigenvalue weighted by Gasteiger charge is -2.08.